The number of hydrogen-bond donors (Lipinski definition) is 1. The second-order valence-corrected chi connectivity index (χ2v) is 2.09. The summed E-state index contributed by atoms with van der Waals surface area (Å²) in [6.07, 6.45) is 1.34. The molecule has 1 aromatic rings. The number of phenolic OH excluding ortho intramolecular Hbond substituents is 1. The van der Waals surface area contributed by atoms with Gasteiger partial charge in [0, 0.05) is 11.6 Å². The van der Waals surface area contributed by atoms with Gasteiger partial charge in [0.05, 0.1) is 7.11 Å². The van der Waals surface area contributed by atoms with Gasteiger partial charge in [-0.1, -0.05) is 12.7 Å². The molecule has 0 unspecified atom stereocenters. The molecule has 0 amide bonds. The molecule has 1 N–H and O–H groups in total. The van der Waals surface area contributed by atoms with Gasteiger partial charge in [0.25, 0.3) is 0 Å². The van der Waals surface area contributed by atoms with Gasteiger partial charge in [0.15, 0.2) is 0 Å². The van der Waals surface area contributed by atoms with Crippen LogP contribution in [-0.4, -0.2) is 12.2 Å². The maximum Gasteiger partial charge on any atom is 0.126 e. The highest BCUT2D eigenvalue weighted by Crippen LogP contribution is 2.23. The Morgan fingerprint density at radius 3 is 2.73 bits per heavy atom. The van der Waals surface area contributed by atoms with Crippen LogP contribution in [0.5, 0.6) is 11.5 Å². The van der Waals surface area contributed by atoms with E-state index in [0.29, 0.717) is 11.3 Å². The van der Waals surface area contributed by atoms with Crippen molar-refractivity contribution in [1.29, 1.82) is 0 Å². The van der Waals surface area contributed by atoms with E-state index in [1.54, 1.807) is 19.2 Å². The molecule has 0 atom stereocenters. The molecule has 0 aromatic heterocycles. The smallest absolute Gasteiger partial charge is 0.126 e. The third-order valence-electron chi connectivity index (χ3n) is 1.42. The van der Waals surface area contributed by atoms with E-state index >= 15 is 0 Å². The maximum atomic E-state index is 9.23. The van der Waals surface area contributed by atoms with Gasteiger partial charge >= 0.3 is 0 Å². The molecular formula is C9H9O2. The van der Waals surface area contributed by atoms with Gasteiger partial charge in [0.2, 0.25) is 0 Å². The summed E-state index contributed by atoms with van der Waals surface area (Å²) in [5, 5.41) is 9.23. The van der Waals surface area contributed by atoms with E-state index in [0.717, 1.165) is 0 Å². The molecule has 0 aliphatic rings. The van der Waals surface area contributed by atoms with Crippen LogP contribution in [0, 0.1) is 6.58 Å². The van der Waals surface area contributed by atoms with Crippen LogP contribution < -0.4 is 4.74 Å². The standard InChI is InChI=1S/C9H9O2/c1-3-7-4-5-8(11-2)6-9(7)10/h1,3-6,10H,2H3. The van der Waals surface area contributed by atoms with Crippen LogP contribution >= 0.6 is 0 Å². The Labute approximate surface area is 65.7 Å². The first-order valence-electron chi connectivity index (χ1n) is 3.20. The lowest BCUT2D eigenvalue weighted by Gasteiger charge is -2.01. The van der Waals surface area contributed by atoms with Crippen molar-refractivity contribution in [2.75, 3.05) is 7.11 Å². The highest BCUT2D eigenvalue weighted by molar-refractivity contribution is 5.56. The van der Waals surface area contributed by atoms with Gasteiger partial charge in [-0.15, -0.1) is 0 Å². The minimum atomic E-state index is 0.131. The third-order valence-corrected chi connectivity index (χ3v) is 1.42. The summed E-state index contributed by atoms with van der Waals surface area (Å²) >= 11 is 0. The Balaban J connectivity index is 3.09. The second kappa shape index (κ2) is 3.10. The van der Waals surface area contributed by atoms with Crippen LogP contribution in [0.4, 0.5) is 0 Å². The number of rotatable bonds is 2. The quantitative estimate of drug-likeness (QED) is 0.695. The molecule has 1 aromatic carbocycles. The predicted octanol–water partition coefficient (Wildman–Crippen LogP) is 1.85. The Morgan fingerprint density at radius 1 is 1.55 bits per heavy atom. The van der Waals surface area contributed by atoms with Gasteiger partial charge in [0.1, 0.15) is 11.5 Å². The molecule has 0 saturated carbocycles. The Kier molecular flexibility index (Phi) is 2.16. The van der Waals surface area contributed by atoms with E-state index in [2.05, 4.69) is 0 Å². The number of benzene rings is 1. The topological polar surface area (TPSA) is 29.5 Å². The summed E-state index contributed by atoms with van der Waals surface area (Å²) < 4.78 is 4.88. The van der Waals surface area contributed by atoms with Crippen molar-refractivity contribution < 1.29 is 9.84 Å². The highest BCUT2D eigenvalue weighted by atomic mass is 16.5. The summed E-state index contributed by atoms with van der Waals surface area (Å²) in [5.41, 5.74) is 0.603. The zero-order chi connectivity index (χ0) is 8.27. The normalized spacial score (nSPS) is 9.18. The molecule has 0 saturated heterocycles. The monoisotopic (exact) mass is 149 g/mol. The van der Waals surface area contributed by atoms with Crippen LogP contribution in [0.3, 0.4) is 0 Å². The van der Waals surface area contributed by atoms with Crippen molar-refractivity contribution in [3.8, 4) is 11.5 Å². The van der Waals surface area contributed by atoms with Crippen LogP contribution in [0.1, 0.15) is 5.56 Å². The Bertz CT molecular complexity index is 266. The summed E-state index contributed by atoms with van der Waals surface area (Å²) in [6, 6.07) is 4.94. The van der Waals surface area contributed by atoms with Gasteiger partial charge in [-0.05, 0) is 12.1 Å². The minimum absolute atomic E-state index is 0.131. The molecule has 2 heteroatoms. The first-order valence-corrected chi connectivity index (χ1v) is 3.20. The average Bonchev–Trinajstić information content (AvgIpc) is 2.04. The lowest BCUT2D eigenvalue weighted by Crippen LogP contribution is -1.82. The Morgan fingerprint density at radius 2 is 2.27 bits per heavy atom. The van der Waals surface area contributed by atoms with Gasteiger partial charge in [-0.25, -0.2) is 0 Å². The molecule has 1 radical (unpaired) electrons. The summed E-state index contributed by atoms with van der Waals surface area (Å²) in [6.45, 7) is 5.22. The fraction of sp³-hybridized carbons (Fsp3) is 0.111. The lowest BCUT2D eigenvalue weighted by atomic mass is 10.2. The average molecular weight is 149 g/mol. The first-order chi connectivity index (χ1) is 5.27. The predicted molar refractivity (Wildman–Crippen MR) is 43.4 cm³/mol. The van der Waals surface area contributed by atoms with Crippen LogP contribution in [-0.2, 0) is 0 Å². The first kappa shape index (κ1) is 7.66. The van der Waals surface area contributed by atoms with Gasteiger partial charge < -0.3 is 9.84 Å². The SMILES string of the molecule is [CH]=Cc1ccc(OC)cc1O. The van der Waals surface area contributed by atoms with Crippen molar-refractivity contribution >= 4 is 6.08 Å². The van der Waals surface area contributed by atoms with E-state index in [1.807, 2.05) is 0 Å². The van der Waals surface area contributed by atoms with E-state index < -0.39 is 0 Å². The van der Waals surface area contributed by atoms with E-state index in [4.69, 9.17) is 11.3 Å². The van der Waals surface area contributed by atoms with Gasteiger partial charge in [-0.3, -0.25) is 0 Å². The zero-order valence-electron chi connectivity index (χ0n) is 6.24. The van der Waals surface area contributed by atoms with E-state index in [9.17, 15) is 5.11 Å². The van der Waals surface area contributed by atoms with Crippen molar-refractivity contribution in [3.63, 3.8) is 0 Å². The molecule has 0 spiro atoms. The molecule has 0 heterocycles. The van der Waals surface area contributed by atoms with Gasteiger partial charge in [-0.2, -0.15) is 0 Å². The van der Waals surface area contributed by atoms with Crippen molar-refractivity contribution in [3.05, 3.63) is 30.3 Å². The number of ether oxygens (including phenoxy) is 1. The molecule has 0 fully saturated rings. The molecule has 11 heavy (non-hydrogen) atoms. The Hall–Kier alpha value is -1.44. The maximum absolute atomic E-state index is 9.23. The van der Waals surface area contributed by atoms with Crippen LogP contribution in [0.25, 0.3) is 6.08 Å². The molecule has 57 valence electrons. The van der Waals surface area contributed by atoms with E-state index in [-0.39, 0.29) is 5.75 Å². The molecule has 0 bridgehead atoms. The highest BCUT2D eigenvalue weighted by Gasteiger charge is 1.97. The fourth-order valence-corrected chi connectivity index (χ4v) is 0.791. The van der Waals surface area contributed by atoms with Crippen molar-refractivity contribution in [2.24, 2.45) is 0 Å². The van der Waals surface area contributed by atoms with Crippen LogP contribution in [0.15, 0.2) is 18.2 Å². The number of aromatic hydroxyl groups is 1. The number of hydrogen-bond acceptors (Lipinski definition) is 2. The minimum Gasteiger partial charge on any atom is -0.507 e. The molecule has 2 nitrogen and oxygen atoms in total. The lowest BCUT2D eigenvalue weighted by molar-refractivity contribution is 0.407. The number of methoxy groups -OCH3 is 1. The summed E-state index contributed by atoms with van der Waals surface area (Å²) in [7, 11) is 1.54. The van der Waals surface area contributed by atoms with Crippen molar-refractivity contribution in [2.45, 2.75) is 0 Å². The number of phenols is 1. The largest absolute Gasteiger partial charge is 0.507 e. The van der Waals surface area contributed by atoms with Crippen molar-refractivity contribution in [1.82, 2.24) is 0 Å². The van der Waals surface area contributed by atoms with Crippen LogP contribution in [0.2, 0.25) is 0 Å². The fourth-order valence-electron chi connectivity index (χ4n) is 0.791. The third kappa shape index (κ3) is 1.52. The molecule has 0 aliphatic carbocycles. The summed E-state index contributed by atoms with van der Waals surface area (Å²) in [4.78, 5) is 0. The van der Waals surface area contributed by atoms with E-state index in [1.165, 1.54) is 12.1 Å². The second-order valence-electron chi connectivity index (χ2n) is 2.09. The molecule has 1 rings (SSSR count). The zero-order valence-corrected chi connectivity index (χ0v) is 6.24. The molecule has 0 aliphatic heterocycles. The summed E-state index contributed by atoms with van der Waals surface area (Å²) in [5.74, 6) is 0.750. The molecular weight excluding hydrogens is 140 g/mol.